The Morgan fingerprint density at radius 1 is 0.778 bits per heavy atom. The molecule has 2 atom stereocenters. The van der Waals surface area contributed by atoms with Crippen LogP contribution in [0.3, 0.4) is 0 Å². The van der Waals surface area contributed by atoms with Gasteiger partial charge < -0.3 is 0 Å². The van der Waals surface area contributed by atoms with Crippen LogP contribution in [0.1, 0.15) is 67.4 Å². The van der Waals surface area contributed by atoms with E-state index >= 15 is 0 Å². The molecular weight excluding hydrogens is 507 g/mol. The van der Waals surface area contributed by atoms with E-state index in [0.717, 1.165) is 7.35 Å². The van der Waals surface area contributed by atoms with Gasteiger partial charge in [0.1, 0.15) is 0 Å². The second-order valence-corrected chi connectivity index (χ2v) is 28.0. The van der Waals surface area contributed by atoms with E-state index in [2.05, 4.69) is 82.8 Å². The first kappa shape index (κ1) is 19.3. The number of aryl methyl sites for hydroxylation is 2. The molecule has 0 nitrogen and oxygen atoms in total. The summed E-state index contributed by atoms with van der Waals surface area (Å²) in [5.41, 5.74) is 12.9. The standard InChI is InChI=1S/2C12H13.CH4Si.Hf/c2*1-3-10-7-11-6-4-5-9(2)12(11)8-10;1-2;/h2*4-8H,3H2,1-2H3;2H,1H3;. The van der Waals surface area contributed by atoms with Gasteiger partial charge >= 0.3 is 174 Å². The molecule has 0 heterocycles. The van der Waals surface area contributed by atoms with Crippen molar-refractivity contribution < 1.29 is 20.1 Å². The van der Waals surface area contributed by atoms with Crippen LogP contribution in [0.15, 0.2) is 47.5 Å². The molecule has 0 saturated heterocycles. The van der Waals surface area contributed by atoms with E-state index in [1.54, 1.807) is 33.4 Å². The maximum absolute atomic E-state index is 2.57. The molecule has 0 bridgehead atoms. The summed E-state index contributed by atoms with van der Waals surface area (Å²) in [7, 11) is 0. The molecule has 27 heavy (non-hydrogen) atoms. The van der Waals surface area contributed by atoms with Crippen LogP contribution in [0.4, 0.5) is 0 Å². The fraction of sp³-hybridized carbons (Fsp3) is 0.360. The summed E-state index contributed by atoms with van der Waals surface area (Å²) < 4.78 is 1.61. The second kappa shape index (κ2) is 7.79. The average molecular weight is 537 g/mol. The predicted molar refractivity (Wildman–Crippen MR) is 117 cm³/mol. The summed E-state index contributed by atoms with van der Waals surface area (Å²) in [5, 5.41) is 0. The molecule has 0 fully saturated rings. The molecule has 2 aromatic rings. The molecule has 0 saturated carbocycles. The minimum atomic E-state index is -1.97. The van der Waals surface area contributed by atoms with Crippen LogP contribution in [0.25, 0.3) is 12.2 Å². The maximum atomic E-state index is 2.57. The van der Waals surface area contributed by atoms with Crippen molar-refractivity contribution >= 4 is 18.4 Å². The van der Waals surface area contributed by atoms with Gasteiger partial charge in [-0.3, -0.25) is 0 Å². The van der Waals surface area contributed by atoms with Crippen molar-refractivity contribution in [2.24, 2.45) is 0 Å². The zero-order valence-corrected chi connectivity index (χ0v) is 22.0. The van der Waals surface area contributed by atoms with Crippen molar-refractivity contribution in [2.75, 3.05) is 0 Å². The van der Waals surface area contributed by atoms with Gasteiger partial charge in [-0.2, -0.15) is 0 Å². The third-order valence-electron chi connectivity index (χ3n) is 6.56. The predicted octanol–water partition coefficient (Wildman–Crippen LogP) is 6.72. The Balaban J connectivity index is 1.88. The topological polar surface area (TPSA) is 0 Å². The van der Waals surface area contributed by atoms with Crippen LogP contribution in [0.2, 0.25) is 6.55 Å². The van der Waals surface area contributed by atoms with Gasteiger partial charge in [0.2, 0.25) is 0 Å². The van der Waals surface area contributed by atoms with E-state index in [0.29, 0.717) is 6.22 Å². The van der Waals surface area contributed by atoms with Gasteiger partial charge in [0.25, 0.3) is 0 Å². The van der Waals surface area contributed by atoms with Crippen LogP contribution in [0, 0.1) is 13.8 Å². The van der Waals surface area contributed by atoms with Crippen LogP contribution < -0.4 is 0 Å². The second-order valence-electron chi connectivity index (χ2n) is 7.96. The van der Waals surface area contributed by atoms with Gasteiger partial charge in [-0.05, 0) is 0 Å². The van der Waals surface area contributed by atoms with Crippen molar-refractivity contribution in [3.8, 4) is 0 Å². The Morgan fingerprint density at radius 3 is 1.59 bits per heavy atom. The summed E-state index contributed by atoms with van der Waals surface area (Å²) in [5.74, 6) is 0. The third-order valence-corrected chi connectivity index (χ3v) is 29.6. The van der Waals surface area contributed by atoms with Gasteiger partial charge in [0.05, 0.1) is 0 Å². The number of allylic oxidation sites excluding steroid dienone is 2. The zero-order chi connectivity index (χ0) is 19.1. The minimum absolute atomic E-state index is 0.579. The van der Waals surface area contributed by atoms with Crippen molar-refractivity contribution in [1.82, 2.24) is 0 Å². The molecule has 0 aliphatic heterocycles. The molecule has 2 unspecified atom stereocenters. The number of hydrogen-bond acceptors (Lipinski definition) is 0. The summed E-state index contributed by atoms with van der Waals surface area (Å²) >= 11 is -1.97. The van der Waals surface area contributed by atoms with E-state index in [1.807, 2.05) is 0 Å². The first-order valence-corrected chi connectivity index (χ1v) is 22.5. The Kier molecular flexibility index (Phi) is 5.58. The zero-order valence-electron chi connectivity index (χ0n) is 17.3. The van der Waals surface area contributed by atoms with Crippen molar-refractivity contribution in [3.05, 3.63) is 80.9 Å². The molecule has 0 spiro atoms. The van der Waals surface area contributed by atoms with Crippen LogP contribution in [0.5, 0.6) is 0 Å². The summed E-state index contributed by atoms with van der Waals surface area (Å²) in [4.78, 5) is 0. The summed E-state index contributed by atoms with van der Waals surface area (Å²) in [6, 6.07) is 14.1. The van der Waals surface area contributed by atoms with E-state index in [-0.39, 0.29) is 0 Å². The van der Waals surface area contributed by atoms with Crippen molar-refractivity contribution in [2.45, 2.75) is 54.4 Å². The Labute approximate surface area is 173 Å². The van der Waals surface area contributed by atoms with Crippen LogP contribution >= 0.6 is 0 Å². The third kappa shape index (κ3) is 3.13. The molecule has 0 aromatic heterocycles. The molecule has 2 aliphatic rings. The molecule has 2 aliphatic carbocycles. The summed E-state index contributed by atoms with van der Waals surface area (Å²) in [6.07, 6.45) is 8.14. The van der Waals surface area contributed by atoms with Gasteiger partial charge in [0, 0.05) is 0 Å². The first-order chi connectivity index (χ1) is 13.1. The number of hydrogen-bond donors (Lipinski definition) is 0. The molecule has 2 heteroatoms. The Bertz CT molecular complexity index is 916. The molecule has 2 aromatic carbocycles. The molecule has 4 rings (SSSR count). The van der Waals surface area contributed by atoms with E-state index in [9.17, 15) is 0 Å². The molecule has 0 radical (unpaired) electrons. The quantitative estimate of drug-likeness (QED) is 0.381. The molecular formula is C25H30HfSi. The van der Waals surface area contributed by atoms with Gasteiger partial charge in [-0.25, -0.2) is 0 Å². The van der Waals surface area contributed by atoms with Crippen molar-refractivity contribution in [3.63, 3.8) is 0 Å². The molecule has 138 valence electrons. The first-order valence-electron chi connectivity index (χ1n) is 10.4. The van der Waals surface area contributed by atoms with Crippen LogP contribution in [-0.2, 0) is 20.1 Å². The normalized spacial score (nSPS) is 20.0. The summed E-state index contributed by atoms with van der Waals surface area (Å²) in [6.45, 7) is 11.9. The van der Waals surface area contributed by atoms with Gasteiger partial charge in [-0.15, -0.1) is 0 Å². The molecule has 0 amide bonds. The van der Waals surface area contributed by atoms with E-state index in [4.69, 9.17) is 0 Å². The monoisotopic (exact) mass is 538 g/mol. The van der Waals surface area contributed by atoms with Gasteiger partial charge in [-0.1, -0.05) is 0 Å². The Morgan fingerprint density at radius 2 is 1.22 bits per heavy atom. The fourth-order valence-electron chi connectivity index (χ4n) is 5.14. The van der Waals surface area contributed by atoms with Crippen molar-refractivity contribution in [1.29, 1.82) is 0 Å². The van der Waals surface area contributed by atoms with Crippen LogP contribution in [-0.4, -0.2) is 6.22 Å². The van der Waals surface area contributed by atoms with Gasteiger partial charge in [0.15, 0.2) is 0 Å². The average Bonchev–Trinajstić information content (AvgIpc) is 3.24. The van der Waals surface area contributed by atoms with E-state index < -0.39 is 20.1 Å². The fourth-order valence-corrected chi connectivity index (χ4v) is 30.2. The van der Waals surface area contributed by atoms with E-state index in [1.165, 1.54) is 24.0 Å². The Hall–Kier alpha value is -0.993. The number of benzene rings is 2. The SMILES string of the molecule is CCC1=Cc2c(C)cccc2[CH]1[Hf](=[SiH]C)[CH]1C(CC)=Cc2c(C)cccc21. The number of rotatable bonds is 4. The number of fused-ring (bicyclic) bond motifs is 2. The molecule has 0 N–H and O–H groups in total.